The lowest BCUT2D eigenvalue weighted by molar-refractivity contribution is -0.127. The smallest absolute Gasteiger partial charge is 0.258 e. The maximum absolute atomic E-state index is 12.8. The summed E-state index contributed by atoms with van der Waals surface area (Å²) in [6.07, 6.45) is 4.38. The van der Waals surface area contributed by atoms with Gasteiger partial charge in [-0.2, -0.15) is 0 Å². The minimum atomic E-state index is -0.230. The SMILES string of the molecule is CCC1CC(C(=O)NC2CC3(NC(=O)COc4ccc(Cl)c(Cl)c4)CC2C3)N(C)N1. The Labute approximate surface area is 186 Å². The molecule has 4 fully saturated rings. The average molecular weight is 455 g/mol. The van der Waals surface area contributed by atoms with Crippen LogP contribution in [-0.2, 0) is 9.59 Å². The van der Waals surface area contributed by atoms with E-state index in [4.69, 9.17) is 27.9 Å². The molecule has 3 N–H and O–H groups in total. The van der Waals surface area contributed by atoms with Crippen LogP contribution in [0.4, 0.5) is 0 Å². The first-order chi connectivity index (χ1) is 14.3. The van der Waals surface area contributed by atoms with Crippen molar-refractivity contribution in [2.24, 2.45) is 5.92 Å². The van der Waals surface area contributed by atoms with E-state index in [2.05, 4.69) is 23.0 Å². The number of nitrogens with one attached hydrogen (secondary N) is 3. The molecule has 0 spiro atoms. The van der Waals surface area contributed by atoms with Crippen LogP contribution < -0.4 is 20.8 Å². The fourth-order valence-corrected chi connectivity index (χ4v) is 5.32. The third-order valence-corrected chi connectivity index (χ3v) is 7.37. The highest BCUT2D eigenvalue weighted by molar-refractivity contribution is 6.42. The lowest BCUT2D eigenvalue weighted by atomic mass is 9.76. The fourth-order valence-electron chi connectivity index (χ4n) is 5.03. The zero-order valence-electron chi connectivity index (χ0n) is 17.2. The summed E-state index contributed by atoms with van der Waals surface area (Å²) in [5.74, 6) is 0.826. The van der Waals surface area contributed by atoms with Crippen molar-refractivity contribution in [2.75, 3.05) is 13.7 Å². The molecule has 2 amide bonds. The van der Waals surface area contributed by atoms with Crippen LogP contribution in [0.25, 0.3) is 0 Å². The van der Waals surface area contributed by atoms with Crippen LogP contribution in [0.2, 0.25) is 10.0 Å². The Morgan fingerprint density at radius 1 is 1.27 bits per heavy atom. The number of amides is 2. The first-order valence-electron chi connectivity index (χ1n) is 10.5. The number of rotatable bonds is 7. The molecule has 3 aliphatic carbocycles. The van der Waals surface area contributed by atoms with Crippen molar-refractivity contribution < 1.29 is 14.3 Å². The number of halogens is 2. The van der Waals surface area contributed by atoms with Crippen molar-refractivity contribution in [3.8, 4) is 5.75 Å². The first kappa shape index (κ1) is 21.7. The Hall–Kier alpha value is -1.54. The number of hydrogen-bond donors (Lipinski definition) is 3. The molecule has 4 aliphatic rings. The van der Waals surface area contributed by atoms with Gasteiger partial charge < -0.3 is 15.4 Å². The Morgan fingerprint density at radius 2 is 2.03 bits per heavy atom. The van der Waals surface area contributed by atoms with E-state index in [0.29, 0.717) is 27.8 Å². The number of carbonyl (C=O) groups excluding carboxylic acids is 2. The highest BCUT2D eigenvalue weighted by Gasteiger charge is 2.57. The quantitative estimate of drug-likeness (QED) is 0.589. The number of ether oxygens (including phenoxy) is 1. The predicted octanol–water partition coefficient (Wildman–Crippen LogP) is 2.51. The van der Waals surface area contributed by atoms with Crippen LogP contribution >= 0.6 is 23.2 Å². The van der Waals surface area contributed by atoms with E-state index in [9.17, 15) is 9.59 Å². The number of nitrogens with zero attached hydrogens (tertiary/aromatic N) is 1. The van der Waals surface area contributed by atoms with Crippen molar-refractivity contribution >= 4 is 35.0 Å². The van der Waals surface area contributed by atoms with Crippen LogP contribution in [0.1, 0.15) is 39.0 Å². The summed E-state index contributed by atoms with van der Waals surface area (Å²) in [4.78, 5) is 25.2. The molecular weight excluding hydrogens is 427 g/mol. The van der Waals surface area contributed by atoms with Gasteiger partial charge in [-0.25, -0.2) is 5.01 Å². The summed E-state index contributed by atoms with van der Waals surface area (Å²) in [6.45, 7) is 2.04. The minimum absolute atomic E-state index is 0.0722. The van der Waals surface area contributed by atoms with Crippen LogP contribution in [0.5, 0.6) is 5.75 Å². The van der Waals surface area contributed by atoms with E-state index in [1.165, 1.54) is 0 Å². The molecule has 164 valence electrons. The van der Waals surface area contributed by atoms with Gasteiger partial charge in [0.05, 0.1) is 10.0 Å². The molecule has 30 heavy (non-hydrogen) atoms. The molecule has 1 heterocycles. The normalized spacial score (nSPS) is 32.5. The number of hydrazine groups is 1. The molecule has 0 aromatic heterocycles. The van der Waals surface area contributed by atoms with Gasteiger partial charge in [0, 0.05) is 30.7 Å². The average Bonchev–Trinajstić information content (AvgIpc) is 3.32. The summed E-state index contributed by atoms with van der Waals surface area (Å²) in [6, 6.07) is 5.23. The Kier molecular flexibility index (Phi) is 6.17. The van der Waals surface area contributed by atoms with Crippen molar-refractivity contribution in [2.45, 2.75) is 62.7 Å². The van der Waals surface area contributed by atoms with Gasteiger partial charge in [0.15, 0.2) is 6.61 Å². The molecule has 1 aromatic carbocycles. The molecule has 9 heteroatoms. The van der Waals surface area contributed by atoms with Crippen molar-refractivity contribution in [1.82, 2.24) is 21.1 Å². The van der Waals surface area contributed by atoms with Gasteiger partial charge in [-0.15, -0.1) is 0 Å². The summed E-state index contributed by atoms with van der Waals surface area (Å²) in [5.41, 5.74) is 3.10. The topological polar surface area (TPSA) is 82.7 Å². The van der Waals surface area contributed by atoms with Crippen LogP contribution in [0, 0.1) is 5.92 Å². The lowest BCUT2D eigenvalue weighted by Crippen LogP contribution is -2.53. The third kappa shape index (κ3) is 4.40. The monoisotopic (exact) mass is 454 g/mol. The van der Waals surface area contributed by atoms with E-state index >= 15 is 0 Å². The molecular formula is C21H28Cl2N4O3. The summed E-state index contributed by atoms with van der Waals surface area (Å²) in [5, 5.41) is 9.09. The van der Waals surface area contributed by atoms with E-state index in [0.717, 1.165) is 32.1 Å². The minimum Gasteiger partial charge on any atom is -0.484 e. The second-order valence-corrected chi connectivity index (χ2v) is 9.59. The largest absolute Gasteiger partial charge is 0.484 e. The highest BCUT2D eigenvalue weighted by atomic mass is 35.5. The number of fused-ring (bicyclic) bond motifs is 1. The second-order valence-electron chi connectivity index (χ2n) is 8.78. The predicted molar refractivity (Wildman–Crippen MR) is 115 cm³/mol. The number of carbonyl (C=O) groups is 2. The molecule has 0 radical (unpaired) electrons. The Bertz CT molecular complexity index is 830. The number of likely N-dealkylation sites (N-methyl/N-ethyl adjacent to an activating group) is 1. The summed E-state index contributed by atoms with van der Waals surface area (Å²) >= 11 is 11.9. The zero-order valence-corrected chi connectivity index (χ0v) is 18.7. The van der Waals surface area contributed by atoms with E-state index in [1.807, 2.05) is 12.1 Å². The Morgan fingerprint density at radius 3 is 2.70 bits per heavy atom. The zero-order chi connectivity index (χ0) is 21.5. The molecule has 2 bridgehead atoms. The molecule has 1 aliphatic heterocycles. The van der Waals surface area contributed by atoms with E-state index in [-0.39, 0.29) is 36.0 Å². The van der Waals surface area contributed by atoms with Gasteiger partial charge in [0.1, 0.15) is 11.8 Å². The summed E-state index contributed by atoms with van der Waals surface area (Å²) < 4.78 is 5.53. The first-order valence-corrected chi connectivity index (χ1v) is 11.2. The standard InChI is InChI=1S/C21H28Cl2N4O3/c1-3-13-6-18(27(2)26-13)20(29)24-17-10-21(8-12(17)9-21)25-19(28)11-30-14-4-5-15(22)16(23)7-14/h4-5,7,12-13,17-18,26H,3,6,8-11H2,1-2H3,(H,24,29)(H,25,28). The number of benzene rings is 1. The molecule has 7 nitrogen and oxygen atoms in total. The second kappa shape index (κ2) is 8.54. The van der Waals surface area contributed by atoms with Gasteiger partial charge in [-0.05, 0) is 50.2 Å². The maximum Gasteiger partial charge on any atom is 0.258 e. The van der Waals surface area contributed by atoms with Crippen molar-refractivity contribution in [3.63, 3.8) is 0 Å². The van der Waals surface area contributed by atoms with Gasteiger partial charge in [0.2, 0.25) is 5.91 Å². The van der Waals surface area contributed by atoms with E-state index in [1.54, 1.807) is 18.2 Å². The molecule has 1 aromatic rings. The lowest BCUT2D eigenvalue weighted by Gasteiger charge is -2.39. The molecule has 5 rings (SSSR count). The molecule has 1 saturated heterocycles. The van der Waals surface area contributed by atoms with Gasteiger partial charge >= 0.3 is 0 Å². The van der Waals surface area contributed by atoms with Gasteiger partial charge in [0.25, 0.3) is 5.91 Å². The van der Waals surface area contributed by atoms with Crippen molar-refractivity contribution in [3.05, 3.63) is 28.2 Å². The maximum atomic E-state index is 12.8. The molecule has 3 unspecified atom stereocenters. The highest BCUT2D eigenvalue weighted by Crippen LogP contribution is 2.52. The molecule has 3 saturated carbocycles. The van der Waals surface area contributed by atoms with Gasteiger partial charge in [-0.3, -0.25) is 15.0 Å². The van der Waals surface area contributed by atoms with Crippen LogP contribution in [-0.4, -0.2) is 54.1 Å². The fraction of sp³-hybridized carbons (Fsp3) is 0.619. The van der Waals surface area contributed by atoms with Crippen molar-refractivity contribution in [1.29, 1.82) is 0 Å². The van der Waals surface area contributed by atoms with Crippen LogP contribution in [0.3, 0.4) is 0 Å². The van der Waals surface area contributed by atoms with Gasteiger partial charge in [-0.1, -0.05) is 30.1 Å². The number of hydrogen-bond acceptors (Lipinski definition) is 5. The summed E-state index contributed by atoms with van der Waals surface area (Å²) in [7, 11) is 1.92. The molecule has 3 atom stereocenters. The van der Waals surface area contributed by atoms with Crippen LogP contribution in [0.15, 0.2) is 18.2 Å². The third-order valence-electron chi connectivity index (χ3n) is 6.64. The Balaban J connectivity index is 1.25. The van der Waals surface area contributed by atoms with E-state index < -0.39 is 0 Å².